The Hall–Kier alpha value is -2.11. The number of aromatic nitrogens is 1. The minimum Gasteiger partial charge on any atom is -0.507 e. The summed E-state index contributed by atoms with van der Waals surface area (Å²) in [5.41, 5.74) is -0.617. The van der Waals surface area contributed by atoms with E-state index >= 15 is 0 Å². The second kappa shape index (κ2) is 5.48. The zero-order valence-electron chi connectivity index (χ0n) is 10.5. The fraction of sp³-hybridized carbons (Fsp3) is 0.417. The smallest absolute Gasteiger partial charge is 0.326 e. The second-order valence-corrected chi connectivity index (χ2v) is 3.80. The van der Waals surface area contributed by atoms with Crippen molar-refractivity contribution in [3.63, 3.8) is 0 Å². The van der Waals surface area contributed by atoms with E-state index in [0.29, 0.717) is 5.69 Å². The Bertz CT molecular complexity index is 544. The first-order valence-corrected chi connectivity index (χ1v) is 5.48. The van der Waals surface area contributed by atoms with Crippen LogP contribution in [0.1, 0.15) is 29.9 Å². The van der Waals surface area contributed by atoms with E-state index in [1.54, 1.807) is 13.8 Å². The Morgan fingerprint density at radius 1 is 1.44 bits per heavy atom. The molecule has 0 amide bonds. The van der Waals surface area contributed by atoms with Crippen LogP contribution in [0.15, 0.2) is 10.9 Å². The molecule has 98 valence electrons. The fourth-order valence-electron chi connectivity index (χ4n) is 1.62. The largest absolute Gasteiger partial charge is 0.507 e. The van der Waals surface area contributed by atoms with Crippen LogP contribution in [0.4, 0.5) is 0 Å². The number of aromatic hydroxyl groups is 1. The molecule has 1 heterocycles. The van der Waals surface area contributed by atoms with Crippen molar-refractivity contribution in [2.75, 3.05) is 6.61 Å². The van der Waals surface area contributed by atoms with E-state index in [-0.39, 0.29) is 24.5 Å². The Morgan fingerprint density at radius 2 is 2.06 bits per heavy atom. The van der Waals surface area contributed by atoms with Crippen LogP contribution in [0.2, 0.25) is 0 Å². The first-order chi connectivity index (χ1) is 8.38. The van der Waals surface area contributed by atoms with E-state index in [2.05, 4.69) is 0 Å². The lowest BCUT2D eigenvalue weighted by Gasteiger charge is -2.11. The van der Waals surface area contributed by atoms with Crippen LogP contribution in [-0.2, 0) is 16.1 Å². The van der Waals surface area contributed by atoms with E-state index in [9.17, 15) is 19.5 Å². The normalized spacial score (nSPS) is 10.2. The lowest BCUT2D eigenvalue weighted by molar-refractivity contribution is -0.143. The number of ether oxygens (including phenoxy) is 1. The van der Waals surface area contributed by atoms with Gasteiger partial charge in [0.25, 0.3) is 5.56 Å². The lowest BCUT2D eigenvalue weighted by atomic mass is 10.1. The lowest BCUT2D eigenvalue weighted by Crippen LogP contribution is -2.30. The maximum atomic E-state index is 12.0. The number of ketones is 1. The topological polar surface area (TPSA) is 85.6 Å². The summed E-state index contributed by atoms with van der Waals surface area (Å²) in [6.07, 6.45) is 0. The number of nitrogens with zero attached hydrogens (tertiary/aromatic N) is 1. The van der Waals surface area contributed by atoms with Gasteiger partial charge in [-0.1, -0.05) is 0 Å². The molecule has 0 fully saturated rings. The highest BCUT2D eigenvalue weighted by Gasteiger charge is 2.17. The molecule has 0 spiro atoms. The third-order valence-electron chi connectivity index (χ3n) is 2.43. The van der Waals surface area contributed by atoms with Gasteiger partial charge in [0.1, 0.15) is 17.9 Å². The molecule has 6 heteroatoms. The molecule has 0 aliphatic carbocycles. The molecule has 1 N–H and O–H groups in total. The van der Waals surface area contributed by atoms with Gasteiger partial charge in [0.05, 0.1) is 6.61 Å². The van der Waals surface area contributed by atoms with Gasteiger partial charge in [-0.05, 0) is 20.8 Å². The molecule has 6 nitrogen and oxygen atoms in total. The van der Waals surface area contributed by atoms with Crippen molar-refractivity contribution in [3.8, 4) is 5.75 Å². The third-order valence-corrected chi connectivity index (χ3v) is 2.43. The quantitative estimate of drug-likeness (QED) is 0.628. The molecule has 0 aliphatic heterocycles. The summed E-state index contributed by atoms with van der Waals surface area (Å²) >= 11 is 0. The van der Waals surface area contributed by atoms with Gasteiger partial charge in [-0.25, -0.2) is 0 Å². The highest BCUT2D eigenvalue weighted by atomic mass is 16.5. The zero-order chi connectivity index (χ0) is 13.9. The van der Waals surface area contributed by atoms with Gasteiger partial charge >= 0.3 is 5.97 Å². The third kappa shape index (κ3) is 2.77. The van der Waals surface area contributed by atoms with Crippen LogP contribution >= 0.6 is 0 Å². The average molecular weight is 253 g/mol. The molecule has 1 aromatic rings. The Morgan fingerprint density at radius 3 is 2.56 bits per heavy atom. The van der Waals surface area contributed by atoms with Gasteiger partial charge in [0.2, 0.25) is 0 Å². The standard InChI is InChI=1S/C12H15NO5/c1-4-18-10(16)6-13-7(2)5-9(15)11(8(3)14)12(13)17/h5,15H,4,6H2,1-3H3. The number of esters is 1. The minimum atomic E-state index is -0.687. The molecule has 0 atom stereocenters. The number of carbonyl (C=O) groups excluding carboxylic acids is 2. The van der Waals surface area contributed by atoms with Gasteiger partial charge in [-0.2, -0.15) is 0 Å². The highest BCUT2D eigenvalue weighted by molar-refractivity contribution is 5.96. The van der Waals surface area contributed by atoms with Crippen LogP contribution in [0.5, 0.6) is 5.75 Å². The number of hydrogen-bond acceptors (Lipinski definition) is 5. The molecule has 0 saturated carbocycles. The molecule has 0 aliphatic rings. The molecule has 0 bridgehead atoms. The molecule has 0 aromatic carbocycles. The Labute approximate surface area is 104 Å². The molecule has 1 rings (SSSR count). The van der Waals surface area contributed by atoms with Crippen LogP contribution in [0.3, 0.4) is 0 Å². The van der Waals surface area contributed by atoms with Crippen LogP contribution in [0.25, 0.3) is 0 Å². The summed E-state index contributed by atoms with van der Waals surface area (Å²) in [6.45, 7) is 4.33. The summed E-state index contributed by atoms with van der Waals surface area (Å²) in [5.74, 6) is -1.48. The number of pyridine rings is 1. The van der Waals surface area contributed by atoms with E-state index in [0.717, 1.165) is 4.57 Å². The molecule has 1 aromatic heterocycles. The molecule has 18 heavy (non-hydrogen) atoms. The monoisotopic (exact) mass is 253 g/mol. The molecular formula is C12H15NO5. The highest BCUT2D eigenvalue weighted by Crippen LogP contribution is 2.15. The molecule has 0 saturated heterocycles. The van der Waals surface area contributed by atoms with Gasteiger partial charge in [0, 0.05) is 11.8 Å². The van der Waals surface area contributed by atoms with Crippen LogP contribution in [-0.4, -0.2) is 28.0 Å². The van der Waals surface area contributed by atoms with Crippen molar-refractivity contribution < 1.29 is 19.4 Å². The number of aryl methyl sites for hydroxylation is 1. The predicted molar refractivity (Wildman–Crippen MR) is 63.7 cm³/mol. The van der Waals surface area contributed by atoms with Gasteiger partial charge in [-0.15, -0.1) is 0 Å². The van der Waals surface area contributed by atoms with Crippen molar-refractivity contribution in [3.05, 3.63) is 27.7 Å². The van der Waals surface area contributed by atoms with E-state index in [1.807, 2.05) is 0 Å². The maximum absolute atomic E-state index is 12.0. The summed E-state index contributed by atoms with van der Waals surface area (Å²) < 4.78 is 5.85. The van der Waals surface area contributed by atoms with E-state index in [4.69, 9.17) is 4.74 Å². The first-order valence-electron chi connectivity index (χ1n) is 5.48. The number of carbonyl (C=O) groups is 2. The van der Waals surface area contributed by atoms with Crippen molar-refractivity contribution in [1.82, 2.24) is 4.57 Å². The van der Waals surface area contributed by atoms with Gasteiger partial charge < -0.3 is 14.4 Å². The van der Waals surface area contributed by atoms with Crippen molar-refractivity contribution in [1.29, 1.82) is 0 Å². The fourth-order valence-corrected chi connectivity index (χ4v) is 1.62. The van der Waals surface area contributed by atoms with E-state index < -0.39 is 17.3 Å². The molecule has 0 radical (unpaired) electrons. The summed E-state index contributed by atoms with van der Waals surface area (Å²) in [6, 6.07) is 1.28. The SMILES string of the molecule is CCOC(=O)Cn1c(C)cc(O)c(C(C)=O)c1=O. The van der Waals surface area contributed by atoms with Crippen molar-refractivity contribution in [2.45, 2.75) is 27.3 Å². The minimum absolute atomic E-state index is 0.213. The average Bonchev–Trinajstić information content (AvgIpc) is 2.23. The first kappa shape index (κ1) is 14.0. The Kier molecular flexibility index (Phi) is 4.25. The summed E-state index contributed by atoms with van der Waals surface area (Å²) in [5, 5.41) is 9.55. The Balaban J connectivity index is 3.28. The van der Waals surface area contributed by atoms with Gasteiger partial charge in [0.15, 0.2) is 5.78 Å². The molecular weight excluding hydrogens is 238 g/mol. The van der Waals surface area contributed by atoms with Crippen LogP contribution in [0, 0.1) is 6.92 Å². The van der Waals surface area contributed by atoms with Crippen molar-refractivity contribution >= 4 is 11.8 Å². The summed E-state index contributed by atoms with van der Waals surface area (Å²) in [4.78, 5) is 34.6. The van der Waals surface area contributed by atoms with Crippen LogP contribution < -0.4 is 5.56 Å². The maximum Gasteiger partial charge on any atom is 0.326 e. The zero-order valence-corrected chi connectivity index (χ0v) is 10.5. The second-order valence-electron chi connectivity index (χ2n) is 3.80. The number of rotatable bonds is 4. The summed E-state index contributed by atoms with van der Waals surface area (Å²) in [7, 11) is 0. The molecule has 0 unspecified atom stereocenters. The van der Waals surface area contributed by atoms with Crippen molar-refractivity contribution in [2.24, 2.45) is 0 Å². The van der Waals surface area contributed by atoms with E-state index in [1.165, 1.54) is 13.0 Å². The van der Waals surface area contributed by atoms with Gasteiger partial charge in [-0.3, -0.25) is 14.4 Å². The number of hydrogen-bond donors (Lipinski definition) is 1. The predicted octanol–water partition coefficient (Wildman–Crippen LogP) is 0.628. The number of Topliss-reactive ketones (excluding diaryl/α,β-unsaturated/α-hetero) is 1.